The van der Waals surface area contributed by atoms with Crippen molar-refractivity contribution in [2.24, 2.45) is 17.6 Å². The average Bonchev–Trinajstić information content (AvgIpc) is 3.51. The van der Waals surface area contributed by atoms with Crippen LogP contribution < -0.4 is 11.1 Å². The minimum atomic E-state index is -4.43. The lowest BCUT2D eigenvalue weighted by Gasteiger charge is -2.32. The lowest BCUT2D eigenvalue weighted by Crippen LogP contribution is -2.30. The molecule has 222 valence electrons. The number of fused-ring (bicyclic) bond motifs is 1. The van der Waals surface area contributed by atoms with E-state index in [0.29, 0.717) is 34.6 Å². The van der Waals surface area contributed by atoms with Gasteiger partial charge < -0.3 is 15.6 Å². The third-order valence-electron chi connectivity index (χ3n) is 8.01. The van der Waals surface area contributed by atoms with Crippen LogP contribution in [0.1, 0.15) is 103 Å². The number of hydrogen-bond acceptors (Lipinski definition) is 6. The highest BCUT2D eigenvalue weighted by Crippen LogP contribution is 2.46. The van der Waals surface area contributed by atoms with Crippen LogP contribution in [0, 0.1) is 11.8 Å². The zero-order valence-corrected chi connectivity index (χ0v) is 22.4. The summed E-state index contributed by atoms with van der Waals surface area (Å²) in [6, 6.07) is 1.21. The van der Waals surface area contributed by atoms with Crippen LogP contribution in [-0.4, -0.2) is 43.7 Å². The second-order valence-corrected chi connectivity index (χ2v) is 11.0. The minimum Gasteiger partial charge on any atom is -0.363 e. The van der Waals surface area contributed by atoms with Gasteiger partial charge in [-0.15, -0.1) is 0 Å². The van der Waals surface area contributed by atoms with Crippen molar-refractivity contribution in [1.29, 1.82) is 0 Å². The molecule has 14 heteroatoms. The Kier molecular flexibility index (Phi) is 7.77. The van der Waals surface area contributed by atoms with Crippen molar-refractivity contribution in [3.8, 4) is 0 Å². The number of carbonyl (C=O) groups excluding carboxylic acids is 2. The molecule has 9 nitrogen and oxygen atoms in total. The van der Waals surface area contributed by atoms with E-state index in [1.807, 2.05) is 6.92 Å². The Morgan fingerprint density at radius 2 is 1.90 bits per heavy atom. The Bertz CT molecular complexity index is 1420. The van der Waals surface area contributed by atoms with Gasteiger partial charge >= 0.3 is 6.18 Å². The molecule has 0 saturated heterocycles. The summed E-state index contributed by atoms with van der Waals surface area (Å²) in [6.07, 6.45) is -1.23. The van der Waals surface area contributed by atoms with E-state index in [1.54, 1.807) is 18.5 Å². The Balaban J connectivity index is 1.47. The maximum Gasteiger partial charge on any atom is 0.389 e. The van der Waals surface area contributed by atoms with Crippen molar-refractivity contribution < 1.29 is 36.1 Å². The first-order chi connectivity index (χ1) is 19.3. The molecule has 0 aliphatic heterocycles. The lowest BCUT2D eigenvalue weighted by atomic mass is 9.75. The molecular weight excluding hydrogens is 551 g/mol. The number of rotatable bonds is 10. The molecule has 3 heterocycles. The number of amides is 2. The van der Waals surface area contributed by atoms with Crippen LogP contribution in [0.3, 0.4) is 0 Å². The van der Waals surface area contributed by atoms with E-state index in [2.05, 4.69) is 15.6 Å². The maximum absolute atomic E-state index is 14.0. The van der Waals surface area contributed by atoms with Crippen LogP contribution in [0.15, 0.2) is 23.0 Å². The molecule has 2 saturated carbocycles. The van der Waals surface area contributed by atoms with Crippen LogP contribution in [-0.2, 0) is 11.2 Å². The van der Waals surface area contributed by atoms with Gasteiger partial charge in [0, 0.05) is 24.8 Å². The Hall–Kier alpha value is -3.58. The molecule has 0 spiro atoms. The summed E-state index contributed by atoms with van der Waals surface area (Å²) in [6.45, 7) is 1.81. The minimum absolute atomic E-state index is 0.0774. The van der Waals surface area contributed by atoms with Gasteiger partial charge in [0.1, 0.15) is 0 Å². The van der Waals surface area contributed by atoms with Gasteiger partial charge in [-0.3, -0.25) is 9.59 Å². The van der Waals surface area contributed by atoms with Crippen molar-refractivity contribution in [2.75, 3.05) is 0 Å². The van der Waals surface area contributed by atoms with Gasteiger partial charge in [0.15, 0.2) is 5.65 Å². The van der Waals surface area contributed by atoms with Crippen molar-refractivity contribution in [1.82, 2.24) is 25.1 Å². The molecule has 2 aliphatic rings. The smallest absolute Gasteiger partial charge is 0.363 e. The fraction of sp³-hybridized carbons (Fsp3) is 0.593. The molecule has 2 amide bonds. The number of primary amides is 1. The molecule has 2 fully saturated rings. The van der Waals surface area contributed by atoms with E-state index in [0.717, 1.165) is 12.8 Å². The Labute approximate surface area is 232 Å². The highest BCUT2D eigenvalue weighted by molar-refractivity contribution is 5.91. The second-order valence-electron chi connectivity index (χ2n) is 11.0. The molecule has 0 radical (unpaired) electrons. The number of halogens is 5. The number of nitrogens with two attached hydrogens (primary N) is 1. The predicted octanol–water partition coefficient (Wildman–Crippen LogP) is 5.25. The standard InChI is InChI=1S/C27H31F5N6O3/c1-2-17-23(37-41-24(17)25(33)40)21(14-5-8-26(28,29)9-6-14)18-13-38-19(35-18)11-16(12-34-38)22(15-3-4-15)36-20(39)7-10-27(30,31)32/h11-15,21-22H,2-10H2,1H3,(H2,33,40)(H,36,39)/t21-,22+/m0/s1. The first-order valence-corrected chi connectivity index (χ1v) is 13.7. The van der Waals surface area contributed by atoms with Crippen LogP contribution in [0.4, 0.5) is 22.0 Å². The summed E-state index contributed by atoms with van der Waals surface area (Å²) < 4.78 is 72.7. The normalized spacial score (nSPS) is 19.3. The quantitative estimate of drug-likeness (QED) is 0.315. The Morgan fingerprint density at radius 1 is 1.20 bits per heavy atom. The monoisotopic (exact) mass is 582 g/mol. The summed E-state index contributed by atoms with van der Waals surface area (Å²) >= 11 is 0. The van der Waals surface area contributed by atoms with Crippen LogP contribution in [0.5, 0.6) is 0 Å². The van der Waals surface area contributed by atoms with Crippen molar-refractivity contribution >= 4 is 17.5 Å². The maximum atomic E-state index is 14.0. The molecule has 3 aromatic heterocycles. The van der Waals surface area contributed by atoms with Gasteiger partial charge in [0.05, 0.1) is 42.2 Å². The number of nitrogens with zero attached hydrogens (tertiary/aromatic N) is 4. The Morgan fingerprint density at radius 3 is 2.51 bits per heavy atom. The molecule has 3 aromatic rings. The number of imidazole rings is 1. The molecule has 2 atom stereocenters. The number of aromatic nitrogens is 4. The predicted molar refractivity (Wildman–Crippen MR) is 135 cm³/mol. The number of nitrogens with one attached hydrogen (secondary N) is 1. The fourth-order valence-corrected chi connectivity index (χ4v) is 5.74. The van der Waals surface area contributed by atoms with E-state index in [-0.39, 0.29) is 43.3 Å². The third kappa shape index (κ3) is 6.51. The summed E-state index contributed by atoms with van der Waals surface area (Å²) in [5, 5.41) is 11.3. The van der Waals surface area contributed by atoms with E-state index < -0.39 is 48.7 Å². The molecular formula is C27H31F5N6O3. The van der Waals surface area contributed by atoms with Gasteiger partial charge in [0.25, 0.3) is 5.91 Å². The average molecular weight is 583 g/mol. The van der Waals surface area contributed by atoms with E-state index in [4.69, 9.17) is 15.2 Å². The zero-order valence-electron chi connectivity index (χ0n) is 22.4. The highest BCUT2D eigenvalue weighted by Gasteiger charge is 2.42. The summed E-state index contributed by atoms with van der Waals surface area (Å²) in [7, 11) is 0. The number of carbonyl (C=O) groups is 2. The number of hydrogen-bond donors (Lipinski definition) is 2. The van der Waals surface area contributed by atoms with Crippen molar-refractivity contribution in [3.05, 3.63) is 46.7 Å². The largest absolute Gasteiger partial charge is 0.389 e. The highest BCUT2D eigenvalue weighted by atomic mass is 19.4. The molecule has 2 aliphatic carbocycles. The zero-order chi connectivity index (χ0) is 29.5. The lowest BCUT2D eigenvalue weighted by molar-refractivity contribution is -0.144. The van der Waals surface area contributed by atoms with E-state index >= 15 is 0 Å². The number of alkyl halides is 5. The SMILES string of the molecule is CCc1c([C@H](c2cn3ncc([C@H](NC(=O)CCC(F)(F)F)C4CC4)cc3n2)C2CCC(F)(F)CC2)noc1C(N)=O. The summed E-state index contributed by atoms with van der Waals surface area (Å²) in [4.78, 5) is 29.0. The molecule has 41 heavy (non-hydrogen) atoms. The molecule has 0 aromatic carbocycles. The summed E-state index contributed by atoms with van der Waals surface area (Å²) in [5.74, 6) is -5.05. The van der Waals surface area contributed by atoms with Crippen molar-refractivity contribution in [2.45, 2.75) is 88.8 Å². The van der Waals surface area contributed by atoms with E-state index in [9.17, 15) is 31.5 Å². The van der Waals surface area contributed by atoms with E-state index in [1.165, 1.54) is 4.52 Å². The second kappa shape index (κ2) is 11.0. The molecule has 3 N–H and O–H groups in total. The van der Waals surface area contributed by atoms with Gasteiger partial charge in [-0.1, -0.05) is 12.1 Å². The molecule has 0 bridgehead atoms. The molecule has 0 unspecified atom stereocenters. The topological polar surface area (TPSA) is 128 Å². The van der Waals surface area contributed by atoms with Gasteiger partial charge in [0.2, 0.25) is 17.6 Å². The van der Waals surface area contributed by atoms with Crippen LogP contribution >= 0.6 is 0 Å². The first-order valence-electron chi connectivity index (χ1n) is 13.7. The third-order valence-corrected chi connectivity index (χ3v) is 8.01. The van der Waals surface area contributed by atoms with Crippen LogP contribution in [0.25, 0.3) is 5.65 Å². The van der Waals surface area contributed by atoms with Gasteiger partial charge in [-0.25, -0.2) is 18.3 Å². The first kappa shape index (κ1) is 28.9. The van der Waals surface area contributed by atoms with Gasteiger partial charge in [-0.05, 0) is 55.6 Å². The van der Waals surface area contributed by atoms with Gasteiger partial charge in [-0.2, -0.15) is 18.3 Å². The molecule has 5 rings (SSSR count). The van der Waals surface area contributed by atoms with Crippen LogP contribution in [0.2, 0.25) is 0 Å². The fourth-order valence-electron chi connectivity index (χ4n) is 5.74. The van der Waals surface area contributed by atoms with Crippen molar-refractivity contribution in [3.63, 3.8) is 0 Å². The summed E-state index contributed by atoms with van der Waals surface area (Å²) in [5.41, 5.74) is 7.93.